The molecule has 1 unspecified atom stereocenters. The van der Waals surface area contributed by atoms with Crippen LogP contribution in [0.4, 0.5) is 0 Å². The zero-order chi connectivity index (χ0) is 13.0. The third-order valence-corrected chi connectivity index (χ3v) is 2.66. The van der Waals surface area contributed by atoms with Gasteiger partial charge in [0, 0.05) is 19.7 Å². The Balaban J connectivity index is 2.09. The Bertz CT molecular complexity index is 487. The van der Waals surface area contributed by atoms with E-state index in [2.05, 4.69) is 32.6 Å². The Morgan fingerprint density at radius 1 is 1.39 bits per heavy atom. The van der Waals surface area contributed by atoms with E-state index in [0.29, 0.717) is 6.42 Å². The fraction of sp³-hybridized carbons (Fsp3) is 0.636. The van der Waals surface area contributed by atoms with Crippen LogP contribution in [0, 0.1) is 0 Å². The van der Waals surface area contributed by atoms with Gasteiger partial charge in [0.05, 0.1) is 25.1 Å². The molecule has 2 rings (SSSR count). The quantitative estimate of drug-likeness (QED) is 0.793. The molecule has 0 aromatic carbocycles. The van der Waals surface area contributed by atoms with Gasteiger partial charge >= 0.3 is 0 Å². The summed E-state index contributed by atoms with van der Waals surface area (Å²) < 4.78 is 1.94. The number of aryl methyl sites for hydroxylation is 2. The summed E-state index contributed by atoms with van der Waals surface area (Å²) in [5.74, 6) is 0.733. The van der Waals surface area contributed by atoms with Crippen molar-refractivity contribution in [3.05, 3.63) is 24.0 Å². The molecule has 1 N–H and O–H groups in total. The molecule has 7 nitrogen and oxygen atoms in total. The van der Waals surface area contributed by atoms with E-state index in [0.717, 1.165) is 24.5 Å². The molecular formula is C11H19N7. The number of tetrazole rings is 1. The van der Waals surface area contributed by atoms with Gasteiger partial charge in [0.1, 0.15) is 0 Å². The van der Waals surface area contributed by atoms with E-state index in [9.17, 15) is 0 Å². The highest BCUT2D eigenvalue weighted by Gasteiger charge is 2.16. The van der Waals surface area contributed by atoms with E-state index in [-0.39, 0.29) is 6.04 Å². The lowest BCUT2D eigenvalue weighted by Gasteiger charge is -2.14. The zero-order valence-corrected chi connectivity index (χ0v) is 11.0. The molecule has 2 heterocycles. The van der Waals surface area contributed by atoms with E-state index in [1.165, 1.54) is 4.80 Å². The molecule has 7 heteroatoms. The molecule has 0 aliphatic carbocycles. The topological polar surface area (TPSA) is 73.5 Å². The lowest BCUT2D eigenvalue weighted by Crippen LogP contribution is -2.25. The maximum Gasteiger partial charge on any atom is 0.176 e. The van der Waals surface area contributed by atoms with Gasteiger partial charge in [0.15, 0.2) is 5.82 Å². The van der Waals surface area contributed by atoms with Crippen LogP contribution >= 0.6 is 0 Å². The fourth-order valence-electron chi connectivity index (χ4n) is 1.80. The van der Waals surface area contributed by atoms with Crippen molar-refractivity contribution in [2.24, 2.45) is 14.1 Å². The molecule has 0 bridgehead atoms. The van der Waals surface area contributed by atoms with Crippen molar-refractivity contribution in [3.63, 3.8) is 0 Å². The van der Waals surface area contributed by atoms with Crippen molar-refractivity contribution in [2.75, 3.05) is 6.54 Å². The third kappa shape index (κ3) is 3.13. The minimum absolute atomic E-state index is 0.135. The van der Waals surface area contributed by atoms with E-state index in [1.807, 2.05) is 17.8 Å². The SMILES string of the molecule is CCCNC(Cc1nnn(C)n1)c1cn(C)cn1. The molecule has 18 heavy (non-hydrogen) atoms. The monoisotopic (exact) mass is 249 g/mol. The smallest absolute Gasteiger partial charge is 0.176 e. The van der Waals surface area contributed by atoms with Crippen LogP contribution in [0.25, 0.3) is 0 Å². The third-order valence-electron chi connectivity index (χ3n) is 2.66. The number of hydrogen-bond acceptors (Lipinski definition) is 5. The standard InChI is InChI=1S/C11H19N7/c1-4-5-12-9(10-7-17(2)8-13-10)6-11-14-16-18(3)15-11/h7-9,12H,4-6H2,1-3H3. The van der Waals surface area contributed by atoms with Crippen LogP contribution in [0.5, 0.6) is 0 Å². The van der Waals surface area contributed by atoms with Crippen molar-refractivity contribution in [1.29, 1.82) is 0 Å². The van der Waals surface area contributed by atoms with Gasteiger partial charge in [-0.1, -0.05) is 6.92 Å². The van der Waals surface area contributed by atoms with Crippen LogP contribution < -0.4 is 5.32 Å². The molecule has 0 saturated carbocycles. The number of rotatable bonds is 6. The summed E-state index contributed by atoms with van der Waals surface area (Å²) in [4.78, 5) is 5.87. The molecule has 0 radical (unpaired) electrons. The van der Waals surface area contributed by atoms with Gasteiger partial charge < -0.3 is 9.88 Å². The number of nitrogens with one attached hydrogen (secondary N) is 1. The molecule has 0 aliphatic rings. The highest BCUT2D eigenvalue weighted by atomic mass is 15.6. The second kappa shape index (κ2) is 5.72. The van der Waals surface area contributed by atoms with E-state index in [4.69, 9.17) is 0 Å². The Kier molecular flexibility index (Phi) is 4.03. The Morgan fingerprint density at radius 2 is 2.22 bits per heavy atom. The maximum atomic E-state index is 4.39. The van der Waals surface area contributed by atoms with E-state index in [1.54, 1.807) is 13.4 Å². The first-order valence-corrected chi connectivity index (χ1v) is 6.13. The molecule has 98 valence electrons. The number of aromatic nitrogens is 6. The Morgan fingerprint density at radius 3 is 2.78 bits per heavy atom. The van der Waals surface area contributed by atoms with Crippen molar-refractivity contribution >= 4 is 0 Å². The summed E-state index contributed by atoms with van der Waals surface area (Å²) >= 11 is 0. The lowest BCUT2D eigenvalue weighted by atomic mass is 10.1. The Labute approximate surface area is 106 Å². The van der Waals surface area contributed by atoms with Crippen LogP contribution in [0.2, 0.25) is 0 Å². The zero-order valence-electron chi connectivity index (χ0n) is 11.0. The average molecular weight is 249 g/mol. The summed E-state index contributed by atoms with van der Waals surface area (Å²) in [6.07, 6.45) is 5.60. The van der Waals surface area contributed by atoms with Gasteiger partial charge in [-0.05, 0) is 18.2 Å². The molecule has 0 aliphatic heterocycles. The van der Waals surface area contributed by atoms with Crippen LogP contribution in [0.1, 0.15) is 30.9 Å². The summed E-state index contributed by atoms with van der Waals surface area (Å²) in [5.41, 5.74) is 1.01. The van der Waals surface area contributed by atoms with Crippen molar-refractivity contribution in [1.82, 2.24) is 35.1 Å². The van der Waals surface area contributed by atoms with Crippen LogP contribution in [0.15, 0.2) is 12.5 Å². The van der Waals surface area contributed by atoms with Gasteiger partial charge in [-0.3, -0.25) is 0 Å². The molecule has 0 saturated heterocycles. The summed E-state index contributed by atoms with van der Waals surface area (Å²) in [5, 5.41) is 15.5. The first kappa shape index (κ1) is 12.7. The fourth-order valence-corrected chi connectivity index (χ4v) is 1.80. The maximum absolute atomic E-state index is 4.39. The number of hydrogen-bond donors (Lipinski definition) is 1. The van der Waals surface area contributed by atoms with Crippen molar-refractivity contribution < 1.29 is 0 Å². The lowest BCUT2D eigenvalue weighted by molar-refractivity contribution is 0.507. The molecule has 2 aromatic rings. The van der Waals surface area contributed by atoms with Gasteiger partial charge in [0.25, 0.3) is 0 Å². The second-order valence-corrected chi connectivity index (χ2v) is 4.37. The summed E-state index contributed by atoms with van der Waals surface area (Å²) in [6.45, 7) is 3.09. The Hall–Kier alpha value is -1.76. The van der Waals surface area contributed by atoms with Crippen LogP contribution in [-0.2, 0) is 20.5 Å². The first-order chi connectivity index (χ1) is 8.69. The highest BCUT2D eigenvalue weighted by molar-refractivity contribution is 5.06. The minimum Gasteiger partial charge on any atom is -0.340 e. The van der Waals surface area contributed by atoms with Gasteiger partial charge in [-0.2, -0.15) is 4.80 Å². The normalized spacial score (nSPS) is 12.8. The van der Waals surface area contributed by atoms with Crippen LogP contribution in [-0.4, -0.2) is 36.3 Å². The van der Waals surface area contributed by atoms with E-state index >= 15 is 0 Å². The predicted molar refractivity (Wildman–Crippen MR) is 66.7 cm³/mol. The summed E-state index contributed by atoms with van der Waals surface area (Å²) in [6, 6.07) is 0.135. The highest BCUT2D eigenvalue weighted by Crippen LogP contribution is 2.14. The van der Waals surface area contributed by atoms with E-state index < -0.39 is 0 Å². The van der Waals surface area contributed by atoms with Crippen molar-refractivity contribution in [3.8, 4) is 0 Å². The van der Waals surface area contributed by atoms with Gasteiger partial charge in [-0.15, -0.1) is 10.2 Å². The molecule has 0 fully saturated rings. The molecule has 0 spiro atoms. The van der Waals surface area contributed by atoms with Gasteiger partial charge in [-0.25, -0.2) is 4.98 Å². The number of nitrogens with zero attached hydrogens (tertiary/aromatic N) is 6. The van der Waals surface area contributed by atoms with Crippen molar-refractivity contribution in [2.45, 2.75) is 25.8 Å². The minimum atomic E-state index is 0.135. The average Bonchev–Trinajstić information content (AvgIpc) is 2.93. The number of imidazole rings is 1. The predicted octanol–water partition coefficient (Wildman–Crippen LogP) is 0.227. The molecule has 2 aromatic heterocycles. The largest absolute Gasteiger partial charge is 0.340 e. The van der Waals surface area contributed by atoms with Crippen LogP contribution in [0.3, 0.4) is 0 Å². The first-order valence-electron chi connectivity index (χ1n) is 6.13. The molecule has 1 atom stereocenters. The molecular weight excluding hydrogens is 230 g/mol. The molecule has 0 amide bonds. The summed E-state index contributed by atoms with van der Waals surface area (Å²) in [7, 11) is 3.74. The second-order valence-electron chi connectivity index (χ2n) is 4.37. The van der Waals surface area contributed by atoms with Gasteiger partial charge in [0.2, 0.25) is 0 Å².